The average molecular weight is 288 g/mol. The van der Waals surface area contributed by atoms with Crippen molar-refractivity contribution >= 4 is 11.9 Å². The first kappa shape index (κ1) is 18.9. The highest BCUT2D eigenvalue weighted by atomic mass is 16.5. The van der Waals surface area contributed by atoms with Gasteiger partial charge < -0.3 is 9.47 Å². The summed E-state index contributed by atoms with van der Waals surface area (Å²) in [5.41, 5.74) is 0. The molecule has 0 fully saturated rings. The van der Waals surface area contributed by atoms with E-state index in [0.717, 1.165) is 0 Å². The topological polar surface area (TPSA) is 59.1 Å². The summed E-state index contributed by atoms with van der Waals surface area (Å²) >= 11 is 0. The van der Waals surface area contributed by atoms with Crippen molar-refractivity contribution in [3.8, 4) is 0 Å². The minimum Gasteiger partial charge on any atom is -0.465 e. The third-order valence-electron chi connectivity index (χ3n) is 3.12. The number of carbonyl (C=O) groups is 2. The Morgan fingerprint density at radius 2 is 1.25 bits per heavy atom. The number of rotatable bonds is 9. The lowest BCUT2D eigenvalue weighted by Gasteiger charge is -2.35. The molecule has 0 aliphatic carbocycles. The quantitative estimate of drug-likeness (QED) is 0.584. The molecule has 0 aromatic carbocycles. The highest BCUT2D eigenvalue weighted by molar-refractivity contribution is 5.87. The van der Waals surface area contributed by atoms with E-state index in [1.165, 1.54) is 0 Å². The number of hydrogen-bond acceptors (Lipinski definition) is 6. The number of nitrogens with zero attached hydrogens (tertiary/aromatic N) is 2. The molecule has 0 N–H and O–H groups in total. The standard InChI is InChI=1S/C14H28N2O4/c1-7-16(8-2)12(14(18)20-10-4)11(15(5)6)13(17)19-9-3/h11-12H,7-10H2,1-6H3. The second-order valence-corrected chi connectivity index (χ2v) is 4.58. The van der Waals surface area contributed by atoms with Crippen molar-refractivity contribution < 1.29 is 19.1 Å². The highest BCUT2D eigenvalue weighted by Gasteiger charge is 2.40. The summed E-state index contributed by atoms with van der Waals surface area (Å²) in [5, 5.41) is 0. The molecule has 20 heavy (non-hydrogen) atoms. The number of esters is 2. The molecule has 0 bridgehead atoms. The Morgan fingerprint density at radius 3 is 1.55 bits per heavy atom. The van der Waals surface area contributed by atoms with E-state index >= 15 is 0 Å². The minimum atomic E-state index is -0.672. The van der Waals surface area contributed by atoms with Crippen LogP contribution in [0.5, 0.6) is 0 Å². The molecule has 6 nitrogen and oxygen atoms in total. The molecule has 0 rings (SSSR count). The van der Waals surface area contributed by atoms with Gasteiger partial charge in [-0.25, -0.2) is 0 Å². The fourth-order valence-corrected chi connectivity index (χ4v) is 2.17. The zero-order valence-electron chi connectivity index (χ0n) is 13.5. The Labute approximate surface area is 122 Å². The van der Waals surface area contributed by atoms with Crippen molar-refractivity contribution in [2.75, 3.05) is 40.4 Å². The predicted octanol–water partition coefficient (Wildman–Crippen LogP) is 0.753. The van der Waals surface area contributed by atoms with Gasteiger partial charge in [-0.1, -0.05) is 13.8 Å². The molecular weight excluding hydrogens is 260 g/mol. The summed E-state index contributed by atoms with van der Waals surface area (Å²) < 4.78 is 10.2. The Kier molecular flexibility index (Phi) is 9.16. The van der Waals surface area contributed by atoms with Crippen molar-refractivity contribution in [1.82, 2.24) is 9.80 Å². The van der Waals surface area contributed by atoms with Crippen molar-refractivity contribution in [2.45, 2.75) is 39.8 Å². The molecule has 0 saturated carbocycles. The van der Waals surface area contributed by atoms with Gasteiger partial charge in [0.1, 0.15) is 12.1 Å². The van der Waals surface area contributed by atoms with Crippen LogP contribution in [0.4, 0.5) is 0 Å². The van der Waals surface area contributed by atoms with Gasteiger partial charge >= 0.3 is 11.9 Å². The molecule has 0 aromatic rings. The summed E-state index contributed by atoms with van der Waals surface area (Å²) in [5.74, 6) is -0.787. The Balaban J connectivity index is 5.40. The van der Waals surface area contributed by atoms with E-state index in [9.17, 15) is 9.59 Å². The summed E-state index contributed by atoms with van der Waals surface area (Å²) in [6.45, 7) is 9.30. The van der Waals surface area contributed by atoms with Crippen molar-refractivity contribution in [3.63, 3.8) is 0 Å². The maximum Gasteiger partial charge on any atom is 0.325 e. The van der Waals surface area contributed by atoms with Gasteiger partial charge in [-0.15, -0.1) is 0 Å². The van der Waals surface area contributed by atoms with Gasteiger partial charge in [0.25, 0.3) is 0 Å². The number of hydrogen-bond donors (Lipinski definition) is 0. The first-order valence-corrected chi connectivity index (χ1v) is 7.18. The fraction of sp³-hybridized carbons (Fsp3) is 0.857. The van der Waals surface area contributed by atoms with Gasteiger partial charge in [-0.3, -0.25) is 19.4 Å². The molecule has 0 aliphatic heterocycles. The van der Waals surface area contributed by atoms with Crippen molar-refractivity contribution in [1.29, 1.82) is 0 Å². The summed E-state index contributed by atoms with van der Waals surface area (Å²) in [6.07, 6.45) is 0. The lowest BCUT2D eigenvalue weighted by molar-refractivity contribution is -0.162. The number of likely N-dealkylation sites (N-methyl/N-ethyl adjacent to an activating group) is 2. The van der Waals surface area contributed by atoms with Crippen LogP contribution < -0.4 is 0 Å². The third-order valence-corrected chi connectivity index (χ3v) is 3.12. The second kappa shape index (κ2) is 9.72. The first-order valence-electron chi connectivity index (χ1n) is 7.18. The van der Waals surface area contributed by atoms with Crippen LogP contribution in [0.1, 0.15) is 27.7 Å². The highest BCUT2D eigenvalue weighted by Crippen LogP contribution is 2.13. The third kappa shape index (κ3) is 5.09. The average Bonchev–Trinajstić information content (AvgIpc) is 2.38. The number of carbonyl (C=O) groups excluding carboxylic acids is 2. The van der Waals surface area contributed by atoms with Gasteiger partial charge in [0, 0.05) is 0 Å². The van der Waals surface area contributed by atoms with Crippen LogP contribution in [-0.2, 0) is 19.1 Å². The van der Waals surface area contributed by atoms with E-state index in [1.54, 1.807) is 32.8 Å². The lowest BCUT2D eigenvalue weighted by atomic mass is 10.1. The molecule has 118 valence electrons. The molecule has 0 aliphatic rings. The SMILES string of the molecule is CCOC(=O)C(C(C(=O)OCC)N(CC)CC)N(C)C. The normalized spacial score (nSPS) is 14.2. The summed E-state index contributed by atoms with van der Waals surface area (Å²) in [7, 11) is 3.52. The Morgan fingerprint density at radius 1 is 0.850 bits per heavy atom. The Bertz CT molecular complexity index is 304. The lowest BCUT2D eigenvalue weighted by Crippen LogP contribution is -2.58. The van der Waals surface area contributed by atoms with Gasteiger partial charge in [-0.05, 0) is 41.0 Å². The minimum absolute atomic E-state index is 0.289. The second-order valence-electron chi connectivity index (χ2n) is 4.58. The van der Waals surface area contributed by atoms with E-state index in [4.69, 9.17) is 9.47 Å². The fourth-order valence-electron chi connectivity index (χ4n) is 2.17. The van der Waals surface area contributed by atoms with E-state index in [1.807, 2.05) is 18.7 Å². The van der Waals surface area contributed by atoms with Gasteiger partial charge in [0.2, 0.25) is 0 Å². The van der Waals surface area contributed by atoms with Crippen LogP contribution in [0.3, 0.4) is 0 Å². The molecule has 0 aromatic heterocycles. The van der Waals surface area contributed by atoms with Gasteiger partial charge in [-0.2, -0.15) is 0 Å². The molecular formula is C14H28N2O4. The molecule has 2 unspecified atom stereocenters. The van der Waals surface area contributed by atoms with Crippen LogP contribution in [0.2, 0.25) is 0 Å². The van der Waals surface area contributed by atoms with Crippen LogP contribution in [0.15, 0.2) is 0 Å². The molecule has 0 radical (unpaired) electrons. The monoisotopic (exact) mass is 288 g/mol. The largest absolute Gasteiger partial charge is 0.465 e. The maximum absolute atomic E-state index is 12.3. The van der Waals surface area contributed by atoms with E-state index in [-0.39, 0.29) is 12.6 Å². The van der Waals surface area contributed by atoms with Gasteiger partial charge in [0.15, 0.2) is 0 Å². The molecule has 2 atom stereocenters. The number of ether oxygens (including phenoxy) is 2. The zero-order chi connectivity index (χ0) is 15.7. The molecule has 0 spiro atoms. The van der Waals surface area contributed by atoms with E-state index in [2.05, 4.69) is 0 Å². The first-order chi connectivity index (χ1) is 9.44. The summed E-state index contributed by atoms with van der Waals surface area (Å²) in [4.78, 5) is 28.1. The summed E-state index contributed by atoms with van der Waals surface area (Å²) in [6, 6.07) is -1.33. The molecule has 0 amide bonds. The molecule has 0 heterocycles. The van der Waals surface area contributed by atoms with Crippen LogP contribution >= 0.6 is 0 Å². The maximum atomic E-state index is 12.3. The molecule has 0 saturated heterocycles. The molecule has 6 heteroatoms. The Hall–Kier alpha value is -1.14. The van der Waals surface area contributed by atoms with E-state index < -0.39 is 18.1 Å². The van der Waals surface area contributed by atoms with Crippen LogP contribution in [0, 0.1) is 0 Å². The van der Waals surface area contributed by atoms with E-state index in [0.29, 0.717) is 19.7 Å². The van der Waals surface area contributed by atoms with Crippen molar-refractivity contribution in [2.24, 2.45) is 0 Å². The van der Waals surface area contributed by atoms with Crippen LogP contribution in [-0.4, -0.2) is 74.2 Å². The smallest absolute Gasteiger partial charge is 0.325 e. The predicted molar refractivity (Wildman–Crippen MR) is 77.5 cm³/mol. The zero-order valence-corrected chi connectivity index (χ0v) is 13.5. The van der Waals surface area contributed by atoms with Crippen LogP contribution in [0.25, 0.3) is 0 Å². The van der Waals surface area contributed by atoms with Gasteiger partial charge in [0.05, 0.1) is 13.2 Å². The van der Waals surface area contributed by atoms with Crippen molar-refractivity contribution in [3.05, 3.63) is 0 Å².